The van der Waals surface area contributed by atoms with Gasteiger partial charge >= 0.3 is 11.9 Å². The lowest BCUT2D eigenvalue weighted by Gasteiger charge is -2.08. The molecule has 130 valence electrons. The maximum absolute atomic E-state index is 9.55. The predicted molar refractivity (Wildman–Crippen MR) is 97.0 cm³/mol. The summed E-state index contributed by atoms with van der Waals surface area (Å²) in [5, 5.41) is 23.0. The number of rotatable bonds is 6. The van der Waals surface area contributed by atoms with E-state index in [-0.39, 0.29) is 5.84 Å². The molecule has 5 N–H and O–H groups in total. The van der Waals surface area contributed by atoms with E-state index in [0.717, 1.165) is 10.5 Å². The molecule has 2 aromatic rings. The van der Waals surface area contributed by atoms with Crippen LogP contribution in [0.25, 0.3) is 0 Å². The van der Waals surface area contributed by atoms with Gasteiger partial charge in [-0.25, -0.2) is 9.59 Å². The minimum Gasteiger partial charge on any atom is -0.478 e. The number of carboxylic acid groups (broad SMARTS) is 2. The summed E-state index contributed by atoms with van der Waals surface area (Å²) < 4.78 is 0. The van der Waals surface area contributed by atoms with E-state index in [0.29, 0.717) is 18.6 Å². The molecule has 0 aliphatic carbocycles. The van der Waals surface area contributed by atoms with Crippen LogP contribution in [0.1, 0.15) is 5.56 Å². The Morgan fingerprint density at radius 2 is 1.48 bits per heavy atom. The summed E-state index contributed by atoms with van der Waals surface area (Å²) in [6.07, 6.45) is 1.63. The second-order valence-corrected chi connectivity index (χ2v) is 5.85. The first-order chi connectivity index (χ1) is 11.9. The number of hydrogen-bond donors (Lipinski definition) is 4. The second-order valence-electron chi connectivity index (χ2n) is 4.73. The summed E-state index contributed by atoms with van der Waals surface area (Å²) in [4.78, 5) is 21.5. The molecule has 0 fully saturated rings. The first-order valence-corrected chi connectivity index (χ1v) is 7.97. The van der Waals surface area contributed by atoms with Gasteiger partial charge in [-0.2, -0.15) is 0 Å². The summed E-state index contributed by atoms with van der Waals surface area (Å²) >= 11 is 1.70. The maximum Gasteiger partial charge on any atom is 0.328 e. The Balaban J connectivity index is 0.000000333. The molecular formula is C18H18N2O4S. The highest BCUT2D eigenvalue weighted by atomic mass is 32.2. The Bertz CT molecular complexity index is 745. The van der Waals surface area contributed by atoms with Gasteiger partial charge in [0.25, 0.3) is 0 Å². The number of nitrogens with one attached hydrogen (secondary N) is 1. The molecule has 2 aromatic carbocycles. The topological polar surface area (TPSA) is 124 Å². The van der Waals surface area contributed by atoms with Gasteiger partial charge in [0.15, 0.2) is 0 Å². The van der Waals surface area contributed by atoms with Gasteiger partial charge in [-0.3, -0.25) is 5.41 Å². The molecule has 0 unspecified atom stereocenters. The van der Waals surface area contributed by atoms with Crippen LogP contribution in [0.4, 0.5) is 0 Å². The van der Waals surface area contributed by atoms with E-state index in [1.54, 1.807) is 11.8 Å². The highest BCUT2D eigenvalue weighted by Crippen LogP contribution is 2.30. The van der Waals surface area contributed by atoms with Crippen molar-refractivity contribution in [2.24, 2.45) is 5.73 Å². The van der Waals surface area contributed by atoms with Crippen molar-refractivity contribution in [2.75, 3.05) is 0 Å². The van der Waals surface area contributed by atoms with E-state index in [1.165, 1.54) is 4.90 Å². The molecule has 7 heteroatoms. The molecule has 0 atom stereocenters. The van der Waals surface area contributed by atoms with Crippen molar-refractivity contribution >= 4 is 29.5 Å². The van der Waals surface area contributed by atoms with Gasteiger partial charge in [0.2, 0.25) is 0 Å². The minimum atomic E-state index is -1.26. The molecule has 0 aliphatic rings. The highest BCUT2D eigenvalue weighted by molar-refractivity contribution is 7.99. The van der Waals surface area contributed by atoms with Crippen LogP contribution in [0.3, 0.4) is 0 Å². The first kappa shape index (κ1) is 20.0. The Hall–Kier alpha value is -3.06. The molecule has 0 bridgehead atoms. The van der Waals surface area contributed by atoms with Crippen molar-refractivity contribution in [2.45, 2.75) is 16.2 Å². The van der Waals surface area contributed by atoms with Gasteiger partial charge < -0.3 is 15.9 Å². The molecule has 2 rings (SSSR count). The summed E-state index contributed by atoms with van der Waals surface area (Å²) in [6, 6.07) is 18.3. The second kappa shape index (κ2) is 10.7. The van der Waals surface area contributed by atoms with Crippen molar-refractivity contribution in [1.82, 2.24) is 0 Å². The Morgan fingerprint density at radius 1 is 0.960 bits per heavy atom. The van der Waals surface area contributed by atoms with Crippen molar-refractivity contribution in [1.29, 1.82) is 5.41 Å². The number of carbonyl (C=O) groups is 2. The first-order valence-electron chi connectivity index (χ1n) is 7.16. The van der Waals surface area contributed by atoms with Gasteiger partial charge in [0, 0.05) is 28.4 Å². The van der Waals surface area contributed by atoms with E-state index in [2.05, 4.69) is 18.2 Å². The molecule has 0 saturated carbocycles. The highest BCUT2D eigenvalue weighted by Gasteiger charge is 2.04. The molecule has 0 spiro atoms. The number of nitrogens with two attached hydrogens (primary N) is 1. The molecule has 0 saturated heterocycles. The molecule has 25 heavy (non-hydrogen) atoms. The number of aliphatic carboxylic acids is 2. The van der Waals surface area contributed by atoms with Gasteiger partial charge in [-0.15, -0.1) is 0 Å². The average molecular weight is 358 g/mol. The molecule has 0 radical (unpaired) electrons. The Kier molecular flexibility index (Phi) is 8.53. The van der Waals surface area contributed by atoms with Crippen LogP contribution < -0.4 is 5.73 Å². The number of amidine groups is 1. The standard InChI is InChI=1S/C14H14N2S.C4H4O4/c15-14(16)10-11-6-4-5-9-13(11)17-12-7-2-1-3-8-12;5-3(6)1-2-4(7)8/h1-9H,10H2,(H3,15,16);1-2H,(H,5,6)(H,7,8)/b;2-1+. The van der Waals surface area contributed by atoms with E-state index in [1.807, 2.05) is 36.4 Å². The maximum atomic E-state index is 9.55. The average Bonchev–Trinajstić information content (AvgIpc) is 2.56. The zero-order chi connectivity index (χ0) is 18.7. The molecule has 6 nitrogen and oxygen atoms in total. The molecular weight excluding hydrogens is 340 g/mol. The third kappa shape index (κ3) is 8.97. The number of carboxylic acids is 2. The largest absolute Gasteiger partial charge is 0.478 e. The lowest BCUT2D eigenvalue weighted by molar-refractivity contribution is -0.134. The summed E-state index contributed by atoms with van der Waals surface area (Å²) in [7, 11) is 0. The monoisotopic (exact) mass is 358 g/mol. The third-order valence-electron chi connectivity index (χ3n) is 2.69. The summed E-state index contributed by atoms with van der Waals surface area (Å²) in [5.74, 6) is -2.31. The van der Waals surface area contributed by atoms with Crippen LogP contribution in [-0.2, 0) is 16.0 Å². The normalized spacial score (nSPS) is 9.92. The summed E-state index contributed by atoms with van der Waals surface area (Å²) in [6.45, 7) is 0. The van der Waals surface area contributed by atoms with Crippen LogP contribution in [0.15, 0.2) is 76.5 Å². The number of benzene rings is 2. The van der Waals surface area contributed by atoms with E-state index < -0.39 is 11.9 Å². The number of hydrogen-bond acceptors (Lipinski definition) is 4. The van der Waals surface area contributed by atoms with Crippen LogP contribution in [0, 0.1) is 5.41 Å². The molecule has 0 aliphatic heterocycles. The van der Waals surface area contributed by atoms with Crippen LogP contribution >= 0.6 is 11.8 Å². The van der Waals surface area contributed by atoms with Gasteiger partial charge in [0.1, 0.15) is 0 Å². The smallest absolute Gasteiger partial charge is 0.328 e. The predicted octanol–water partition coefficient (Wildman–Crippen LogP) is 3.03. The fourth-order valence-corrected chi connectivity index (χ4v) is 2.68. The van der Waals surface area contributed by atoms with Gasteiger partial charge in [0.05, 0.1) is 5.84 Å². The Morgan fingerprint density at radius 3 is 2.00 bits per heavy atom. The minimum absolute atomic E-state index is 0.200. The van der Waals surface area contributed by atoms with Crippen molar-refractivity contribution in [3.05, 3.63) is 72.3 Å². The SMILES string of the molecule is N=C(N)Cc1ccccc1Sc1ccccc1.O=C(O)/C=C/C(=O)O. The van der Waals surface area contributed by atoms with Crippen LogP contribution in [0.2, 0.25) is 0 Å². The van der Waals surface area contributed by atoms with Crippen LogP contribution in [0.5, 0.6) is 0 Å². The van der Waals surface area contributed by atoms with Crippen LogP contribution in [-0.4, -0.2) is 28.0 Å². The Labute approximate surface area is 149 Å². The van der Waals surface area contributed by atoms with Gasteiger partial charge in [-0.1, -0.05) is 48.2 Å². The van der Waals surface area contributed by atoms with E-state index in [9.17, 15) is 9.59 Å². The van der Waals surface area contributed by atoms with Crippen molar-refractivity contribution < 1.29 is 19.8 Å². The van der Waals surface area contributed by atoms with Crippen molar-refractivity contribution in [3.8, 4) is 0 Å². The molecule has 0 heterocycles. The van der Waals surface area contributed by atoms with E-state index >= 15 is 0 Å². The molecule has 0 amide bonds. The fourth-order valence-electron chi connectivity index (χ4n) is 1.71. The van der Waals surface area contributed by atoms with E-state index in [4.69, 9.17) is 21.4 Å². The zero-order valence-electron chi connectivity index (χ0n) is 13.3. The van der Waals surface area contributed by atoms with Crippen molar-refractivity contribution in [3.63, 3.8) is 0 Å². The molecule has 0 aromatic heterocycles. The quantitative estimate of drug-likeness (QED) is 0.357. The van der Waals surface area contributed by atoms with Gasteiger partial charge in [-0.05, 0) is 23.8 Å². The zero-order valence-corrected chi connectivity index (χ0v) is 14.1. The lowest BCUT2D eigenvalue weighted by Crippen LogP contribution is -2.13. The lowest BCUT2D eigenvalue weighted by atomic mass is 10.1. The fraction of sp³-hybridized carbons (Fsp3) is 0.0556. The third-order valence-corrected chi connectivity index (χ3v) is 3.82. The summed E-state index contributed by atoms with van der Waals surface area (Å²) in [5.41, 5.74) is 6.57.